The van der Waals surface area contributed by atoms with Gasteiger partial charge in [0.2, 0.25) is 5.91 Å². The van der Waals surface area contributed by atoms with E-state index in [0.717, 1.165) is 12.8 Å². The molecule has 0 spiro atoms. The van der Waals surface area contributed by atoms with Gasteiger partial charge < -0.3 is 15.0 Å². The molecule has 0 radical (unpaired) electrons. The fourth-order valence-electron chi connectivity index (χ4n) is 1.44. The van der Waals surface area contributed by atoms with Gasteiger partial charge in [-0.3, -0.25) is 9.89 Å². The van der Waals surface area contributed by atoms with E-state index < -0.39 is 0 Å². The number of hydrogen-bond acceptors (Lipinski definition) is 4. The monoisotopic (exact) mass is 242 g/mol. The Labute approximate surface area is 97.7 Å². The third-order valence-electron chi connectivity index (χ3n) is 2.48. The molecule has 1 amide bonds. The summed E-state index contributed by atoms with van der Waals surface area (Å²) in [5.74, 6) is 0.485. The first-order valence-electron chi connectivity index (χ1n) is 5.25. The van der Waals surface area contributed by atoms with E-state index in [2.05, 4.69) is 15.5 Å². The number of aliphatic hydroxyl groups is 1. The quantitative estimate of drug-likeness (QED) is 0.640. The third kappa shape index (κ3) is 2.67. The summed E-state index contributed by atoms with van der Waals surface area (Å²) in [4.78, 5) is 11.4. The highest BCUT2D eigenvalue weighted by Gasteiger charge is 2.23. The molecule has 16 heavy (non-hydrogen) atoms. The van der Waals surface area contributed by atoms with Gasteiger partial charge in [-0.1, -0.05) is 0 Å². The number of H-pyrrole nitrogens is 1. The van der Waals surface area contributed by atoms with E-state index in [9.17, 15) is 4.79 Å². The number of rotatable bonds is 5. The maximum atomic E-state index is 11.4. The van der Waals surface area contributed by atoms with Crippen LogP contribution in [-0.2, 0) is 17.9 Å². The molecule has 1 fully saturated rings. The van der Waals surface area contributed by atoms with Gasteiger partial charge in [-0.25, -0.2) is 0 Å². The smallest absolute Gasteiger partial charge is 0.222 e. The van der Waals surface area contributed by atoms with E-state index in [1.165, 1.54) is 0 Å². The van der Waals surface area contributed by atoms with Crippen molar-refractivity contribution < 1.29 is 9.90 Å². The largest absolute Gasteiger partial charge is 0.388 e. The number of nitrogens with zero attached hydrogens (tertiary/aromatic N) is 2. The fraction of sp³-hybridized carbons (Fsp3) is 0.667. The van der Waals surface area contributed by atoms with Crippen molar-refractivity contribution in [2.45, 2.75) is 38.5 Å². The fourth-order valence-corrected chi connectivity index (χ4v) is 1.68. The molecular weight excluding hydrogens is 228 g/mol. The molecule has 88 valence electrons. The lowest BCUT2D eigenvalue weighted by atomic mass is 10.4. The second-order valence-electron chi connectivity index (χ2n) is 3.85. The number of carbonyl (C=O) groups is 1. The van der Waals surface area contributed by atoms with Gasteiger partial charge in [0.05, 0.1) is 0 Å². The number of nitrogens with one attached hydrogen (secondary N) is 2. The molecule has 0 aliphatic heterocycles. The third-order valence-corrected chi connectivity index (χ3v) is 2.80. The molecule has 3 N–H and O–H groups in total. The van der Waals surface area contributed by atoms with Crippen LogP contribution in [0.25, 0.3) is 0 Å². The lowest BCUT2D eigenvalue weighted by molar-refractivity contribution is -0.121. The lowest BCUT2D eigenvalue weighted by Gasteiger charge is -2.05. The van der Waals surface area contributed by atoms with Crippen molar-refractivity contribution >= 4 is 18.1 Å². The molecule has 1 heterocycles. The van der Waals surface area contributed by atoms with Crippen molar-refractivity contribution in [2.24, 2.45) is 0 Å². The van der Waals surface area contributed by atoms with E-state index in [-0.39, 0.29) is 12.5 Å². The molecular formula is C9H14N4O2S. The summed E-state index contributed by atoms with van der Waals surface area (Å²) in [6.07, 6.45) is 2.52. The number of amides is 1. The van der Waals surface area contributed by atoms with Crippen LogP contribution in [0, 0.1) is 4.77 Å². The van der Waals surface area contributed by atoms with Gasteiger partial charge in [-0.05, 0) is 25.1 Å². The number of aliphatic hydroxyl groups excluding tert-OH is 1. The van der Waals surface area contributed by atoms with Crippen LogP contribution in [0.3, 0.4) is 0 Å². The Balaban J connectivity index is 1.90. The van der Waals surface area contributed by atoms with Crippen molar-refractivity contribution in [3.8, 4) is 0 Å². The van der Waals surface area contributed by atoms with Crippen LogP contribution in [0.15, 0.2) is 0 Å². The van der Waals surface area contributed by atoms with E-state index in [0.29, 0.717) is 29.6 Å². The van der Waals surface area contributed by atoms with Gasteiger partial charge in [-0.15, -0.1) is 0 Å². The minimum Gasteiger partial charge on any atom is -0.388 e. The Hall–Kier alpha value is -1.21. The average molecular weight is 242 g/mol. The Bertz CT molecular complexity index is 435. The van der Waals surface area contributed by atoms with Crippen molar-refractivity contribution in [1.29, 1.82) is 0 Å². The van der Waals surface area contributed by atoms with Crippen molar-refractivity contribution in [1.82, 2.24) is 20.1 Å². The molecule has 2 rings (SSSR count). The SMILES string of the molecule is O=C(CCn1c(CO)n[nH]c1=S)NC1CC1. The zero-order valence-electron chi connectivity index (χ0n) is 8.77. The van der Waals surface area contributed by atoms with Crippen LogP contribution in [0.1, 0.15) is 25.1 Å². The maximum Gasteiger partial charge on any atom is 0.222 e. The molecule has 0 saturated heterocycles. The van der Waals surface area contributed by atoms with Crippen molar-refractivity contribution in [3.63, 3.8) is 0 Å². The number of hydrogen-bond donors (Lipinski definition) is 3. The van der Waals surface area contributed by atoms with Gasteiger partial charge in [-0.2, -0.15) is 5.10 Å². The van der Waals surface area contributed by atoms with Crippen LogP contribution in [-0.4, -0.2) is 31.8 Å². The molecule has 0 bridgehead atoms. The first-order valence-corrected chi connectivity index (χ1v) is 5.66. The number of carbonyl (C=O) groups excluding carboxylic acids is 1. The van der Waals surface area contributed by atoms with E-state index >= 15 is 0 Å². The van der Waals surface area contributed by atoms with Crippen LogP contribution in [0.5, 0.6) is 0 Å². The van der Waals surface area contributed by atoms with Crippen LogP contribution < -0.4 is 5.32 Å². The van der Waals surface area contributed by atoms with Gasteiger partial charge in [0.1, 0.15) is 6.61 Å². The van der Waals surface area contributed by atoms with E-state index in [1.54, 1.807) is 4.57 Å². The zero-order chi connectivity index (χ0) is 11.5. The number of aromatic nitrogens is 3. The van der Waals surface area contributed by atoms with E-state index in [4.69, 9.17) is 17.3 Å². The van der Waals surface area contributed by atoms with Gasteiger partial charge in [0, 0.05) is 19.0 Å². The molecule has 1 aliphatic rings. The first-order chi connectivity index (χ1) is 7.70. The highest BCUT2D eigenvalue weighted by Crippen LogP contribution is 2.18. The summed E-state index contributed by atoms with van der Waals surface area (Å²) < 4.78 is 2.07. The number of aromatic amines is 1. The van der Waals surface area contributed by atoms with Crippen LogP contribution in [0.2, 0.25) is 0 Å². The zero-order valence-corrected chi connectivity index (χ0v) is 9.59. The lowest BCUT2D eigenvalue weighted by Crippen LogP contribution is -2.26. The predicted octanol–water partition coefficient (Wildman–Crippen LogP) is 0.102. The maximum absolute atomic E-state index is 11.4. The first kappa shape index (κ1) is 11.3. The predicted molar refractivity (Wildman–Crippen MR) is 59.1 cm³/mol. The molecule has 1 aromatic heterocycles. The second-order valence-corrected chi connectivity index (χ2v) is 4.23. The second kappa shape index (κ2) is 4.75. The Morgan fingerprint density at radius 3 is 3.06 bits per heavy atom. The molecule has 0 aromatic carbocycles. The summed E-state index contributed by atoms with van der Waals surface area (Å²) in [6, 6.07) is 0.377. The summed E-state index contributed by atoms with van der Waals surface area (Å²) in [7, 11) is 0. The van der Waals surface area contributed by atoms with Crippen molar-refractivity contribution in [3.05, 3.63) is 10.6 Å². The Morgan fingerprint density at radius 1 is 1.69 bits per heavy atom. The molecule has 1 saturated carbocycles. The summed E-state index contributed by atoms with van der Waals surface area (Å²) in [6.45, 7) is 0.265. The standard InChI is InChI=1S/C9H14N4O2S/c14-5-7-11-12-9(16)13(7)4-3-8(15)10-6-1-2-6/h6,14H,1-5H2,(H,10,15)(H,12,16). The van der Waals surface area contributed by atoms with Gasteiger partial charge in [0.25, 0.3) is 0 Å². The minimum atomic E-state index is -0.183. The minimum absolute atomic E-state index is 0.0227. The molecule has 0 atom stereocenters. The van der Waals surface area contributed by atoms with Crippen molar-refractivity contribution in [2.75, 3.05) is 0 Å². The molecule has 7 heteroatoms. The highest BCUT2D eigenvalue weighted by molar-refractivity contribution is 7.71. The molecule has 1 aliphatic carbocycles. The molecule has 0 unspecified atom stereocenters. The van der Waals surface area contributed by atoms with Gasteiger partial charge in [0.15, 0.2) is 10.6 Å². The van der Waals surface area contributed by atoms with Crippen LogP contribution in [0.4, 0.5) is 0 Å². The molecule has 6 nitrogen and oxygen atoms in total. The average Bonchev–Trinajstić information content (AvgIpc) is 2.99. The summed E-state index contributed by atoms with van der Waals surface area (Å²) in [5, 5.41) is 18.3. The Kier molecular flexibility index (Phi) is 3.35. The normalized spacial score (nSPS) is 15.1. The molecule has 1 aromatic rings. The topological polar surface area (TPSA) is 82.9 Å². The van der Waals surface area contributed by atoms with E-state index in [1.807, 2.05) is 0 Å². The highest BCUT2D eigenvalue weighted by atomic mass is 32.1. The Morgan fingerprint density at radius 2 is 2.44 bits per heavy atom. The summed E-state index contributed by atoms with van der Waals surface area (Å²) >= 11 is 4.99. The van der Waals surface area contributed by atoms with Crippen LogP contribution >= 0.6 is 12.2 Å². The summed E-state index contributed by atoms with van der Waals surface area (Å²) in [5.41, 5.74) is 0. The van der Waals surface area contributed by atoms with Gasteiger partial charge >= 0.3 is 0 Å².